The monoisotopic (exact) mass is 160 g/mol. The lowest BCUT2D eigenvalue weighted by molar-refractivity contribution is 0.00199. The number of rotatable bonds is 0. The molecule has 0 aromatic heterocycles. The highest BCUT2D eigenvalue weighted by Crippen LogP contribution is 2.92. The van der Waals surface area contributed by atoms with Crippen molar-refractivity contribution in [1.82, 2.24) is 0 Å². The summed E-state index contributed by atoms with van der Waals surface area (Å²) in [6, 6.07) is 0. The molecule has 0 radical (unpaired) electrons. The Labute approximate surface area is 71.5 Å². The summed E-state index contributed by atoms with van der Waals surface area (Å²) in [5, 5.41) is 0. The lowest BCUT2D eigenvalue weighted by Crippen LogP contribution is -2.29. The van der Waals surface area contributed by atoms with Gasteiger partial charge in [-0.05, 0) is 48.3 Å². The van der Waals surface area contributed by atoms with Crippen LogP contribution in [0.3, 0.4) is 0 Å². The van der Waals surface area contributed by atoms with E-state index in [9.17, 15) is 0 Å². The van der Waals surface area contributed by atoms with E-state index in [1.807, 2.05) is 0 Å². The van der Waals surface area contributed by atoms with E-state index < -0.39 is 0 Å². The van der Waals surface area contributed by atoms with E-state index in [4.69, 9.17) is 4.74 Å². The van der Waals surface area contributed by atoms with Crippen molar-refractivity contribution in [2.75, 3.05) is 0 Å². The molecule has 5 aliphatic carbocycles. The van der Waals surface area contributed by atoms with Crippen LogP contribution in [0.1, 0.15) is 12.8 Å². The maximum absolute atomic E-state index is 6.11. The molecule has 1 nitrogen and oxygen atoms in total. The number of ether oxygens (including phenoxy) is 1. The maximum atomic E-state index is 6.11. The fourth-order valence-electron chi connectivity index (χ4n) is 6.45. The summed E-state index contributed by atoms with van der Waals surface area (Å²) < 4.78 is 6.11. The molecule has 0 aromatic rings. The van der Waals surface area contributed by atoms with Gasteiger partial charge < -0.3 is 4.74 Å². The van der Waals surface area contributed by atoms with Crippen molar-refractivity contribution in [3.63, 3.8) is 0 Å². The van der Waals surface area contributed by atoms with Gasteiger partial charge >= 0.3 is 0 Å². The summed E-state index contributed by atoms with van der Waals surface area (Å²) in [6.45, 7) is 0. The van der Waals surface area contributed by atoms with Crippen molar-refractivity contribution in [2.24, 2.45) is 40.9 Å². The predicted molar refractivity (Wildman–Crippen MR) is 41.3 cm³/mol. The van der Waals surface area contributed by atoms with Crippen LogP contribution in [-0.4, -0.2) is 12.2 Å². The first-order chi connectivity index (χ1) is 5.93. The van der Waals surface area contributed by atoms with Gasteiger partial charge in [0.25, 0.3) is 0 Å². The van der Waals surface area contributed by atoms with E-state index in [0.717, 1.165) is 35.4 Å². The second kappa shape index (κ2) is 1.00. The van der Waals surface area contributed by atoms with Crippen molar-refractivity contribution in [3.8, 4) is 0 Å². The third-order valence-corrected chi connectivity index (χ3v) is 6.49. The van der Waals surface area contributed by atoms with E-state index in [-0.39, 0.29) is 0 Å². The Morgan fingerprint density at radius 3 is 3.08 bits per heavy atom. The average Bonchev–Trinajstić information content (AvgIpc) is 2.81. The van der Waals surface area contributed by atoms with E-state index >= 15 is 0 Å². The maximum Gasteiger partial charge on any atom is 0.0650 e. The molecule has 6 rings (SSSR count). The number of fused-ring (bicyclic) bond motifs is 1. The van der Waals surface area contributed by atoms with Gasteiger partial charge in [0.15, 0.2) is 0 Å². The summed E-state index contributed by atoms with van der Waals surface area (Å²) in [7, 11) is 0. The average molecular weight is 160 g/mol. The van der Waals surface area contributed by atoms with Gasteiger partial charge in [-0.25, -0.2) is 0 Å². The fourth-order valence-corrected chi connectivity index (χ4v) is 6.45. The third-order valence-electron chi connectivity index (χ3n) is 6.49. The molecule has 1 aliphatic heterocycles. The molecule has 1 spiro atoms. The Bertz CT molecular complexity index is 338. The van der Waals surface area contributed by atoms with Gasteiger partial charge in [0, 0.05) is 5.41 Å². The first-order valence-electron chi connectivity index (χ1n) is 5.58. The van der Waals surface area contributed by atoms with Gasteiger partial charge in [-0.3, -0.25) is 0 Å². The molecule has 62 valence electrons. The topological polar surface area (TPSA) is 9.23 Å². The van der Waals surface area contributed by atoms with Gasteiger partial charge in [-0.15, -0.1) is 0 Å². The molecule has 9 atom stereocenters. The van der Waals surface area contributed by atoms with Gasteiger partial charge in [0.05, 0.1) is 12.2 Å². The zero-order chi connectivity index (χ0) is 7.24. The van der Waals surface area contributed by atoms with Crippen molar-refractivity contribution in [1.29, 1.82) is 0 Å². The van der Waals surface area contributed by atoms with Crippen molar-refractivity contribution >= 4 is 0 Å². The minimum absolute atomic E-state index is 0.760. The molecule has 6 aliphatic rings. The molecule has 1 saturated heterocycles. The Hall–Kier alpha value is -0.0400. The van der Waals surface area contributed by atoms with E-state index in [0.29, 0.717) is 0 Å². The van der Waals surface area contributed by atoms with Crippen LogP contribution in [0, 0.1) is 40.9 Å². The van der Waals surface area contributed by atoms with Crippen molar-refractivity contribution < 1.29 is 4.74 Å². The van der Waals surface area contributed by atoms with Gasteiger partial charge in [-0.2, -0.15) is 0 Å². The molecule has 6 fully saturated rings. The standard InChI is InChI=1S/C11H12O/c1-3-6-7(3)9-10-8(6)4(1)11(9)2-5(11)12-10/h3-10H,1-2H2. The lowest BCUT2D eigenvalue weighted by Gasteiger charge is -2.31. The second-order valence-electron chi connectivity index (χ2n) is 6.17. The molecular formula is C11H12O. The van der Waals surface area contributed by atoms with Gasteiger partial charge in [-0.1, -0.05) is 0 Å². The fraction of sp³-hybridized carbons (Fsp3) is 1.00. The number of hydrogen-bond acceptors (Lipinski definition) is 1. The zero-order valence-corrected chi connectivity index (χ0v) is 6.94. The molecule has 1 heteroatoms. The van der Waals surface area contributed by atoms with Crippen molar-refractivity contribution in [3.05, 3.63) is 0 Å². The number of hydrogen-bond donors (Lipinski definition) is 0. The summed E-state index contributed by atoms with van der Waals surface area (Å²) in [4.78, 5) is 0. The van der Waals surface area contributed by atoms with Crippen LogP contribution in [0.25, 0.3) is 0 Å². The zero-order valence-electron chi connectivity index (χ0n) is 6.94. The smallest absolute Gasteiger partial charge is 0.0650 e. The van der Waals surface area contributed by atoms with Crippen molar-refractivity contribution in [2.45, 2.75) is 25.0 Å². The Balaban J connectivity index is 1.78. The molecule has 0 aromatic carbocycles. The van der Waals surface area contributed by atoms with Gasteiger partial charge in [0.1, 0.15) is 0 Å². The van der Waals surface area contributed by atoms with Crippen LogP contribution in [-0.2, 0) is 4.74 Å². The minimum Gasteiger partial charge on any atom is -0.374 e. The predicted octanol–water partition coefficient (Wildman–Crippen LogP) is 1.29. The van der Waals surface area contributed by atoms with Crippen LogP contribution in [0.2, 0.25) is 0 Å². The third kappa shape index (κ3) is 0.230. The highest BCUT2D eigenvalue weighted by Gasteiger charge is 2.93. The first kappa shape index (κ1) is 4.99. The van der Waals surface area contributed by atoms with Crippen LogP contribution in [0.4, 0.5) is 0 Å². The summed E-state index contributed by atoms with van der Waals surface area (Å²) >= 11 is 0. The summed E-state index contributed by atoms with van der Waals surface area (Å²) in [5.74, 6) is 6.88. The molecular weight excluding hydrogens is 148 g/mol. The van der Waals surface area contributed by atoms with E-state index in [1.165, 1.54) is 24.2 Å². The molecule has 4 bridgehead atoms. The van der Waals surface area contributed by atoms with E-state index in [1.54, 1.807) is 6.42 Å². The highest BCUT2D eigenvalue weighted by atomic mass is 16.5. The van der Waals surface area contributed by atoms with Gasteiger partial charge in [0.2, 0.25) is 0 Å². The van der Waals surface area contributed by atoms with E-state index in [2.05, 4.69) is 0 Å². The van der Waals surface area contributed by atoms with Crippen LogP contribution < -0.4 is 0 Å². The van der Waals surface area contributed by atoms with Crippen LogP contribution >= 0.6 is 0 Å². The molecule has 0 amide bonds. The van der Waals surface area contributed by atoms with Crippen LogP contribution in [0.15, 0.2) is 0 Å². The second-order valence-corrected chi connectivity index (χ2v) is 6.17. The molecule has 12 heavy (non-hydrogen) atoms. The Morgan fingerprint density at radius 2 is 2.17 bits per heavy atom. The lowest BCUT2D eigenvalue weighted by atomic mass is 9.73. The minimum atomic E-state index is 0.760. The normalized spacial score (nSPS) is 94.0. The first-order valence-corrected chi connectivity index (χ1v) is 5.58. The quantitative estimate of drug-likeness (QED) is 0.519. The molecule has 0 N–H and O–H groups in total. The summed E-state index contributed by atoms with van der Waals surface area (Å²) in [5.41, 5.74) is 0.809. The molecule has 5 saturated carbocycles. The molecule has 9 unspecified atom stereocenters. The highest BCUT2D eigenvalue weighted by molar-refractivity contribution is 5.39. The SMILES string of the molecule is C1C2C3C4C5OC6CC6(C14)C5C23. The largest absolute Gasteiger partial charge is 0.374 e. The molecule has 1 heterocycles. The van der Waals surface area contributed by atoms with Crippen LogP contribution in [0.5, 0.6) is 0 Å². The summed E-state index contributed by atoms with van der Waals surface area (Å²) in [6.07, 6.45) is 4.62. The Morgan fingerprint density at radius 1 is 1.17 bits per heavy atom. The Kier molecular flexibility index (Phi) is 0.417.